The van der Waals surface area contributed by atoms with E-state index in [1.165, 1.54) is 11.5 Å². The Morgan fingerprint density at radius 1 is 1.03 bits per heavy atom. The Morgan fingerprint density at radius 3 is 2.47 bits per heavy atom. The van der Waals surface area contributed by atoms with E-state index in [0.717, 1.165) is 15.9 Å². The lowest BCUT2D eigenvalue weighted by atomic mass is 10.1. The summed E-state index contributed by atoms with van der Waals surface area (Å²) < 4.78 is 10.8. The fourth-order valence-corrected chi connectivity index (χ4v) is 3.61. The number of alkyl carbamates (subject to hydrolysis) is 1. The van der Waals surface area contributed by atoms with Gasteiger partial charge in [-0.25, -0.2) is 4.79 Å². The molecule has 0 fully saturated rings. The second kappa shape index (κ2) is 9.58. The van der Waals surface area contributed by atoms with E-state index in [2.05, 4.69) is 20.3 Å². The molecule has 0 unspecified atom stereocenters. The molecule has 1 atom stereocenters. The van der Waals surface area contributed by atoms with Crippen LogP contribution >= 0.6 is 11.5 Å². The van der Waals surface area contributed by atoms with E-state index in [1.54, 1.807) is 32.9 Å². The van der Waals surface area contributed by atoms with Crippen molar-refractivity contribution in [3.8, 4) is 0 Å². The van der Waals surface area contributed by atoms with Crippen LogP contribution in [0, 0.1) is 0 Å². The van der Waals surface area contributed by atoms with E-state index >= 15 is 0 Å². The van der Waals surface area contributed by atoms with Gasteiger partial charge >= 0.3 is 6.09 Å². The van der Waals surface area contributed by atoms with Crippen molar-refractivity contribution in [1.82, 2.24) is 15.0 Å². The van der Waals surface area contributed by atoms with Crippen molar-refractivity contribution in [2.45, 2.75) is 32.4 Å². The number of benzene rings is 2. The molecule has 0 bridgehead atoms. The predicted molar refractivity (Wildman–Crippen MR) is 120 cm³/mol. The van der Waals surface area contributed by atoms with E-state index in [9.17, 15) is 9.59 Å². The molecule has 2 amide bonds. The molecule has 3 rings (SSSR count). The van der Waals surface area contributed by atoms with Crippen LogP contribution in [-0.4, -0.2) is 35.1 Å². The number of fused-ring (bicyclic) bond motifs is 1. The summed E-state index contributed by atoms with van der Waals surface area (Å²) in [5.41, 5.74) is 0.0292. The summed E-state index contributed by atoms with van der Waals surface area (Å²) in [6.07, 6.45) is -0.640. The van der Waals surface area contributed by atoms with Crippen molar-refractivity contribution in [1.29, 1.82) is 0 Å². The average Bonchev–Trinajstić information content (AvgIpc) is 3.12. The molecule has 0 spiro atoms. The molecule has 0 saturated carbocycles. The maximum absolute atomic E-state index is 12.8. The monoisotopic (exact) mass is 426 g/mol. The number of nitrogens with one attached hydrogen (secondary N) is 3. The highest BCUT2D eigenvalue weighted by molar-refractivity contribution is 7.13. The van der Waals surface area contributed by atoms with Gasteiger partial charge in [-0.1, -0.05) is 42.5 Å². The fourth-order valence-electron chi connectivity index (χ4n) is 2.85. The van der Waals surface area contributed by atoms with Gasteiger partial charge in [-0.15, -0.1) is 0 Å². The van der Waals surface area contributed by atoms with Crippen LogP contribution in [0.5, 0.6) is 0 Å². The Bertz CT molecular complexity index is 998. The molecule has 1 heterocycles. The normalized spacial score (nSPS) is 12.2. The first kappa shape index (κ1) is 21.6. The Labute approximate surface area is 180 Å². The summed E-state index contributed by atoms with van der Waals surface area (Å²) in [5.74, 6) is 0.494. The number of carbonyl (C=O) groups is 2. The molecule has 7 nitrogen and oxygen atoms in total. The van der Waals surface area contributed by atoms with Crippen molar-refractivity contribution >= 4 is 39.4 Å². The average molecular weight is 427 g/mol. The molecule has 0 saturated heterocycles. The first-order valence-corrected chi connectivity index (χ1v) is 10.5. The van der Waals surface area contributed by atoms with Gasteiger partial charge in [0, 0.05) is 18.5 Å². The van der Waals surface area contributed by atoms with Gasteiger partial charge in [-0.3, -0.25) is 4.79 Å². The van der Waals surface area contributed by atoms with Gasteiger partial charge in [-0.2, -0.15) is 4.37 Å². The summed E-state index contributed by atoms with van der Waals surface area (Å²) in [6, 6.07) is 16.2. The highest BCUT2D eigenvalue weighted by atomic mass is 32.1. The zero-order chi connectivity index (χ0) is 21.6. The molecule has 30 heavy (non-hydrogen) atoms. The molecule has 3 aromatic rings. The molecule has 8 heteroatoms. The van der Waals surface area contributed by atoms with Crippen LogP contribution in [0.25, 0.3) is 10.1 Å². The van der Waals surface area contributed by atoms with E-state index < -0.39 is 17.7 Å². The number of hydrogen-bond donors (Lipinski definition) is 3. The fraction of sp³-hybridized carbons (Fsp3) is 0.318. The molecule has 0 aliphatic carbocycles. The second-order valence-electron chi connectivity index (χ2n) is 7.74. The number of rotatable bonds is 7. The standard InChI is InChI=1S/C22H26N4O3S/c1-22(2,3)29-21(28)25-18(15-9-5-4-6-10-15)20(27)24-14-13-23-19-16-11-7-8-12-17(16)30-26-19/h4-12,18H,13-14H2,1-3H3,(H,23,26)(H,24,27)(H,25,28)/t18-/m0/s1. The van der Waals surface area contributed by atoms with Crippen LogP contribution < -0.4 is 16.0 Å². The van der Waals surface area contributed by atoms with Gasteiger partial charge in [0.15, 0.2) is 0 Å². The van der Waals surface area contributed by atoms with Gasteiger partial charge in [0.25, 0.3) is 0 Å². The minimum absolute atomic E-state index is 0.308. The molecule has 1 aromatic heterocycles. The Balaban J connectivity index is 1.58. The Hall–Kier alpha value is -3.13. The highest BCUT2D eigenvalue weighted by Gasteiger charge is 2.25. The molecule has 0 radical (unpaired) electrons. The number of ether oxygens (including phenoxy) is 1. The van der Waals surface area contributed by atoms with Crippen LogP contribution in [-0.2, 0) is 9.53 Å². The third kappa shape index (κ3) is 5.93. The van der Waals surface area contributed by atoms with E-state index in [1.807, 2.05) is 42.5 Å². The van der Waals surface area contributed by atoms with E-state index in [0.29, 0.717) is 18.7 Å². The topological polar surface area (TPSA) is 92.3 Å². The number of hydrogen-bond acceptors (Lipinski definition) is 6. The molecule has 0 aliphatic rings. The SMILES string of the molecule is CC(C)(C)OC(=O)N[C@H](C(=O)NCCNc1nsc2ccccc12)c1ccccc1. The first-order valence-electron chi connectivity index (χ1n) is 9.74. The third-order valence-electron chi connectivity index (χ3n) is 4.15. The minimum Gasteiger partial charge on any atom is -0.444 e. The maximum Gasteiger partial charge on any atom is 0.408 e. The van der Waals surface area contributed by atoms with Crippen molar-refractivity contribution in [2.24, 2.45) is 0 Å². The number of carbonyl (C=O) groups excluding carboxylic acids is 2. The quantitative estimate of drug-likeness (QED) is 0.495. The van der Waals surface area contributed by atoms with Crippen molar-refractivity contribution in [3.63, 3.8) is 0 Å². The van der Waals surface area contributed by atoms with Crippen LogP contribution in [0.2, 0.25) is 0 Å². The Kier molecular flexibility index (Phi) is 6.89. The largest absolute Gasteiger partial charge is 0.444 e. The summed E-state index contributed by atoms with van der Waals surface area (Å²) >= 11 is 1.43. The smallest absolute Gasteiger partial charge is 0.408 e. The molecule has 3 N–H and O–H groups in total. The molecule has 2 aromatic carbocycles. The lowest BCUT2D eigenvalue weighted by molar-refractivity contribution is -0.123. The summed E-state index contributed by atoms with van der Waals surface area (Å²) in [4.78, 5) is 25.0. The summed E-state index contributed by atoms with van der Waals surface area (Å²) in [6.45, 7) is 6.21. The zero-order valence-electron chi connectivity index (χ0n) is 17.3. The van der Waals surface area contributed by atoms with Crippen LogP contribution in [0.4, 0.5) is 10.6 Å². The molecular formula is C22H26N4O3S. The molecule has 158 valence electrons. The van der Waals surface area contributed by atoms with Gasteiger partial charge < -0.3 is 20.7 Å². The van der Waals surface area contributed by atoms with Gasteiger partial charge in [0.05, 0.1) is 4.70 Å². The van der Waals surface area contributed by atoms with Crippen LogP contribution in [0.15, 0.2) is 54.6 Å². The van der Waals surface area contributed by atoms with E-state index in [4.69, 9.17) is 4.74 Å². The predicted octanol–water partition coefficient (Wildman–Crippen LogP) is 4.09. The maximum atomic E-state index is 12.8. The third-order valence-corrected chi connectivity index (χ3v) is 4.98. The van der Waals surface area contributed by atoms with Gasteiger partial charge in [-0.05, 0) is 50.0 Å². The van der Waals surface area contributed by atoms with Crippen LogP contribution in [0.3, 0.4) is 0 Å². The molecular weight excluding hydrogens is 400 g/mol. The number of amides is 2. The lowest BCUT2D eigenvalue weighted by Crippen LogP contribution is -2.43. The first-order chi connectivity index (χ1) is 14.3. The zero-order valence-corrected chi connectivity index (χ0v) is 18.1. The van der Waals surface area contributed by atoms with Crippen molar-refractivity contribution in [3.05, 3.63) is 60.2 Å². The van der Waals surface area contributed by atoms with Gasteiger partial charge in [0.1, 0.15) is 17.5 Å². The number of anilines is 1. The summed E-state index contributed by atoms with van der Waals surface area (Å²) in [5, 5.41) is 9.83. The molecule has 0 aliphatic heterocycles. The van der Waals surface area contributed by atoms with E-state index in [-0.39, 0.29) is 5.91 Å². The lowest BCUT2D eigenvalue weighted by Gasteiger charge is -2.23. The number of nitrogens with zero attached hydrogens (tertiary/aromatic N) is 1. The highest BCUT2D eigenvalue weighted by Crippen LogP contribution is 2.25. The van der Waals surface area contributed by atoms with Crippen molar-refractivity contribution in [2.75, 3.05) is 18.4 Å². The summed E-state index contributed by atoms with van der Waals surface area (Å²) in [7, 11) is 0. The van der Waals surface area contributed by atoms with Gasteiger partial charge in [0.2, 0.25) is 5.91 Å². The Morgan fingerprint density at radius 2 is 1.73 bits per heavy atom. The second-order valence-corrected chi connectivity index (χ2v) is 8.54. The van der Waals surface area contributed by atoms with Crippen LogP contribution in [0.1, 0.15) is 32.4 Å². The van der Waals surface area contributed by atoms with Crippen molar-refractivity contribution < 1.29 is 14.3 Å². The number of aromatic nitrogens is 1. The minimum atomic E-state index is -0.846.